The Morgan fingerprint density at radius 2 is 1.88 bits per heavy atom. The molecule has 1 fully saturated rings. The number of hydrogen-bond acceptors (Lipinski definition) is 6. The number of benzene rings is 2. The molecule has 1 aliphatic rings. The molecule has 11 heteroatoms. The van der Waals surface area contributed by atoms with Crippen molar-refractivity contribution in [3.05, 3.63) is 72.6 Å². The van der Waals surface area contributed by atoms with E-state index in [9.17, 15) is 22.4 Å². The van der Waals surface area contributed by atoms with Gasteiger partial charge in [-0.2, -0.15) is 4.31 Å². The van der Waals surface area contributed by atoms with Crippen LogP contribution in [0.25, 0.3) is 5.69 Å². The van der Waals surface area contributed by atoms with Crippen LogP contribution in [0.2, 0.25) is 0 Å². The normalized spacial score (nSPS) is 15.1. The van der Waals surface area contributed by atoms with Crippen LogP contribution in [0, 0.1) is 11.7 Å². The Morgan fingerprint density at radius 1 is 1.15 bits per heavy atom. The number of carbonyl (C=O) groups excluding carboxylic acids is 2. The van der Waals surface area contributed by atoms with Crippen LogP contribution in [0.15, 0.2) is 66.1 Å². The minimum Gasteiger partial charge on any atom is -0.465 e. The SMILES string of the molecule is COC(=O)c1ccccc1S(=O)(=O)N1CCC(C(=O)Nc2ccc(-n3ccnc3)c(F)c2)CC1. The molecule has 1 amide bonds. The molecule has 1 aliphatic heterocycles. The minimum atomic E-state index is -3.94. The second kappa shape index (κ2) is 9.74. The number of aromatic nitrogens is 2. The maximum absolute atomic E-state index is 14.5. The number of methoxy groups -OCH3 is 1. The second-order valence-electron chi connectivity index (χ2n) is 7.79. The molecule has 0 aliphatic carbocycles. The molecule has 178 valence electrons. The predicted molar refractivity (Wildman–Crippen MR) is 121 cm³/mol. The molecule has 1 saturated heterocycles. The fraction of sp³-hybridized carbons (Fsp3) is 0.261. The molecule has 9 nitrogen and oxygen atoms in total. The van der Waals surface area contributed by atoms with E-state index >= 15 is 0 Å². The van der Waals surface area contributed by atoms with Gasteiger partial charge in [-0.05, 0) is 43.2 Å². The van der Waals surface area contributed by atoms with Crippen LogP contribution in [0.5, 0.6) is 0 Å². The summed E-state index contributed by atoms with van der Waals surface area (Å²) in [5, 5.41) is 2.71. The Hall–Kier alpha value is -3.57. The number of ether oxygens (including phenoxy) is 1. The van der Waals surface area contributed by atoms with Gasteiger partial charge < -0.3 is 14.6 Å². The summed E-state index contributed by atoms with van der Waals surface area (Å²) in [4.78, 5) is 28.5. The number of rotatable bonds is 6. The number of sulfonamides is 1. The van der Waals surface area contributed by atoms with Gasteiger partial charge in [-0.25, -0.2) is 22.6 Å². The van der Waals surface area contributed by atoms with Gasteiger partial charge in [0.1, 0.15) is 5.82 Å². The molecule has 0 unspecified atom stereocenters. The van der Waals surface area contributed by atoms with Gasteiger partial charge in [0.05, 0.1) is 29.6 Å². The highest BCUT2D eigenvalue weighted by Crippen LogP contribution is 2.27. The van der Waals surface area contributed by atoms with Gasteiger partial charge >= 0.3 is 5.97 Å². The second-order valence-corrected chi connectivity index (χ2v) is 9.70. The Kier molecular flexibility index (Phi) is 6.75. The van der Waals surface area contributed by atoms with E-state index in [2.05, 4.69) is 10.3 Å². The van der Waals surface area contributed by atoms with Crippen molar-refractivity contribution >= 4 is 27.6 Å². The summed E-state index contributed by atoms with van der Waals surface area (Å²) in [6, 6.07) is 10.2. The van der Waals surface area contributed by atoms with Crippen molar-refractivity contribution in [2.24, 2.45) is 5.92 Å². The van der Waals surface area contributed by atoms with Crippen molar-refractivity contribution in [1.29, 1.82) is 0 Å². The van der Waals surface area contributed by atoms with E-state index in [1.807, 2.05) is 0 Å². The fourth-order valence-corrected chi connectivity index (χ4v) is 5.56. The monoisotopic (exact) mass is 486 g/mol. The van der Waals surface area contributed by atoms with Crippen molar-refractivity contribution in [2.45, 2.75) is 17.7 Å². The standard InChI is InChI=1S/C23H23FN4O5S/c1-33-23(30)18-4-2-3-5-21(18)34(31,32)28-11-8-16(9-12-28)22(29)26-17-6-7-20(19(24)14-17)27-13-10-25-15-27/h2-7,10,13-16H,8-9,11-12H2,1H3,(H,26,29). The lowest BCUT2D eigenvalue weighted by Gasteiger charge is -2.31. The molecule has 3 aromatic rings. The highest BCUT2D eigenvalue weighted by Gasteiger charge is 2.34. The molecule has 1 aromatic heterocycles. The molecule has 0 bridgehead atoms. The summed E-state index contributed by atoms with van der Waals surface area (Å²) in [6.07, 6.45) is 5.21. The first-order valence-corrected chi connectivity index (χ1v) is 12.0. The summed E-state index contributed by atoms with van der Waals surface area (Å²) < 4.78 is 48.2. The average molecular weight is 487 g/mol. The largest absolute Gasteiger partial charge is 0.465 e. The van der Waals surface area contributed by atoms with Crippen LogP contribution >= 0.6 is 0 Å². The van der Waals surface area contributed by atoms with Crippen LogP contribution in [-0.2, 0) is 19.6 Å². The summed E-state index contributed by atoms with van der Waals surface area (Å²) in [6.45, 7) is 0.230. The lowest BCUT2D eigenvalue weighted by molar-refractivity contribution is -0.120. The highest BCUT2D eigenvalue weighted by molar-refractivity contribution is 7.89. The molecule has 1 N–H and O–H groups in total. The van der Waals surface area contributed by atoms with E-state index < -0.39 is 27.7 Å². The molecular formula is C23H23FN4O5S. The van der Waals surface area contributed by atoms with Crippen LogP contribution in [0.1, 0.15) is 23.2 Å². The number of carbonyl (C=O) groups is 2. The molecule has 0 spiro atoms. The van der Waals surface area contributed by atoms with E-state index in [-0.39, 0.29) is 29.5 Å². The quantitative estimate of drug-likeness (QED) is 0.537. The van der Waals surface area contributed by atoms with Crippen molar-refractivity contribution in [3.8, 4) is 5.69 Å². The smallest absolute Gasteiger partial charge is 0.339 e. The van der Waals surface area contributed by atoms with Gasteiger partial charge in [0, 0.05) is 37.1 Å². The fourth-order valence-electron chi connectivity index (χ4n) is 3.91. The average Bonchev–Trinajstić information content (AvgIpc) is 3.38. The number of amides is 1. The highest BCUT2D eigenvalue weighted by atomic mass is 32.2. The van der Waals surface area contributed by atoms with Gasteiger partial charge in [0.15, 0.2) is 0 Å². The maximum Gasteiger partial charge on any atom is 0.339 e. The van der Waals surface area contributed by atoms with Gasteiger partial charge in [-0.1, -0.05) is 12.1 Å². The summed E-state index contributed by atoms with van der Waals surface area (Å²) in [5.41, 5.74) is 0.584. The molecule has 34 heavy (non-hydrogen) atoms. The maximum atomic E-state index is 14.5. The molecule has 0 radical (unpaired) electrons. The van der Waals surface area contributed by atoms with Crippen molar-refractivity contribution in [1.82, 2.24) is 13.9 Å². The van der Waals surface area contributed by atoms with Crippen LogP contribution in [0.3, 0.4) is 0 Å². The number of esters is 1. The Morgan fingerprint density at radius 3 is 2.53 bits per heavy atom. The Bertz CT molecular complexity index is 1300. The number of anilines is 1. The molecular weight excluding hydrogens is 463 g/mol. The van der Waals surface area contributed by atoms with Gasteiger partial charge in [0.25, 0.3) is 0 Å². The van der Waals surface area contributed by atoms with Crippen LogP contribution < -0.4 is 5.32 Å². The first kappa shape index (κ1) is 23.6. The number of imidazole rings is 1. The van der Waals surface area contributed by atoms with E-state index in [0.29, 0.717) is 24.2 Å². The zero-order valence-corrected chi connectivity index (χ0v) is 19.2. The first-order valence-electron chi connectivity index (χ1n) is 10.6. The number of hydrogen-bond donors (Lipinski definition) is 1. The van der Waals surface area contributed by atoms with E-state index in [4.69, 9.17) is 4.74 Å². The van der Waals surface area contributed by atoms with Crippen LogP contribution in [-0.4, -0.2) is 54.3 Å². The lowest BCUT2D eigenvalue weighted by Crippen LogP contribution is -2.41. The van der Waals surface area contributed by atoms with Gasteiger partial charge in [-0.3, -0.25) is 4.79 Å². The summed E-state index contributed by atoms with van der Waals surface area (Å²) in [7, 11) is -2.76. The summed E-state index contributed by atoms with van der Waals surface area (Å²) in [5.74, 6) is -1.99. The topological polar surface area (TPSA) is 111 Å². The molecule has 0 saturated carbocycles. The zero-order valence-electron chi connectivity index (χ0n) is 18.3. The zero-order chi connectivity index (χ0) is 24.3. The minimum absolute atomic E-state index is 0.0361. The summed E-state index contributed by atoms with van der Waals surface area (Å²) >= 11 is 0. The first-order chi connectivity index (χ1) is 16.3. The van der Waals surface area contributed by atoms with Crippen molar-refractivity contribution in [2.75, 3.05) is 25.5 Å². The van der Waals surface area contributed by atoms with Gasteiger partial charge in [0.2, 0.25) is 15.9 Å². The number of piperidine rings is 1. The lowest BCUT2D eigenvalue weighted by atomic mass is 9.97. The third-order valence-electron chi connectivity index (χ3n) is 5.73. The molecule has 4 rings (SSSR count). The molecule has 0 atom stereocenters. The van der Waals surface area contributed by atoms with E-state index in [0.717, 1.165) is 0 Å². The Labute approximate surface area is 196 Å². The molecule has 2 aromatic carbocycles. The third kappa shape index (κ3) is 4.70. The van der Waals surface area contributed by atoms with Gasteiger partial charge in [-0.15, -0.1) is 0 Å². The Balaban J connectivity index is 1.41. The third-order valence-corrected chi connectivity index (χ3v) is 7.69. The van der Waals surface area contributed by atoms with Crippen molar-refractivity contribution in [3.63, 3.8) is 0 Å². The number of nitrogens with one attached hydrogen (secondary N) is 1. The molecule has 2 heterocycles. The van der Waals surface area contributed by atoms with E-state index in [1.54, 1.807) is 24.4 Å². The van der Waals surface area contributed by atoms with Crippen molar-refractivity contribution < 1.29 is 27.1 Å². The van der Waals surface area contributed by atoms with Crippen LogP contribution in [0.4, 0.5) is 10.1 Å². The predicted octanol–water partition coefficient (Wildman–Crippen LogP) is 2.84. The van der Waals surface area contributed by atoms with E-state index in [1.165, 1.54) is 52.8 Å². The number of nitrogens with zero attached hydrogens (tertiary/aromatic N) is 3. The number of halogens is 1.